The first-order valence-electron chi connectivity index (χ1n) is 7.97. The van der Waals surface area contributed by atoms with Crippen LogP contribution in [0.15, 0.2) is 24.3 Å². The number of para-hydroxylation sites is 1. The molecule has 2 bridgehead atoms. The molecule has 0 aromatic heterocycles. The molecule has 20 heavy (non-hydrogen) atoms. The molecule has 3 heteroatoms. The van der Waals surface area contributed by atoms with Crippen LogP contribution in [-0.4, -0.2) is 30.3 Å². The predicted molar refractivity (Wildman–Crippen MR) is 83.1 cm³/mol. The third-order valence-corrected chi connectivity index (χ3v) is 5.06. The number of piperidine rings is 1. The highest BCUT2D eigenvalue weighted by Crippen LogP contribution is 2.42. The topological polar surface area (TPSA) is 35.5 Å². The summed E-state index contributed by atoms with van der Waals surface area (Å²) < 4.78 is 0. The highest BCUT2D eigenvalue weighted by molar-refractivity contribution is 5.58. The van der Waals surface area contributed by atoms with Crippen molar-refractivity contribution in [1.82, 2.24) is 5.32 Å². The molecule has 3 atom stereocenters. The Labute approximate surface area is 122 Å². The van der Waals surface area contributed by atoms with E-state index in [0.29, 0.717) is 18.1 Å². The molecule has 2 aliphatic heterocycles. The van der Waals surface area contributed by atoms with Gasteiger partial charge in [0, 0.05) is 23.8 Å². The van der Waals surface area contributed by atoms with Crippen LogP contribution in [0.1, 0.15) is 50.6 Å². The zero-order chi connectivity index (χ0) is 14.1. The number of hydrogen-bond acceptors (Lipinski definition) is 3. The normalized spacial score (nSPS) is 30.6. The van der Waals surface area contributed by atoms with Crippen LogP contribution < -0.4 is 10.2 Å². The maximum Gasteiger partial charge on any atom is 0.0579 e. The number of fused-ring (bicyclic) bond motifs is 2. The molecule has 1 aromatic rings. The van der Waals surface area contributed by atoms with Gasteiger partial charge in [-0.15, -0.1) is 0 Å². The summed E-state index contributed by atoms with van der Waals surface area (Å²) >= 11 is 0. The van der Waals surface area contributed by atoms with Gasteiger partial charge in [-0.1, -0.05) is 25.1 Å². The van der Waals surface area contributed by atoms with Crippen molar-refractivity contribution in [3.63, 3.8) is 0 Å². The van der Waals surface area contributed by atoms with E-state index in [4.69, 9.17) is 0 Å². The van der Waals surface area contributed by atoms with E-state index in [1.54, 1.807) is 0 Å². The van der Waals surface area contributed by atoms with Gasteiger partial charge in [0.2, 0.25) is 0 Å². The van der Waals surface area contributed by atoms with Gasteiger partial charge in [0.1, 0.15) is 0 Å². The lowest BCUT2D eigenvalue weighted by molar-refractivity contribution is 0.126. The summed E-state index contributed by atoms with van der Waals surface area (Å²) in [6, 6.07) is 10.3. The predicted octanol–water partition coefficient (Wildman–Crippen LogP) is 2.85. The summed E-state index contributed by atoms with van der Waals surface area (Å²) in [5.41, 5.74) is 2.79. The van der Waals surface area contributed by atoms with E-state index in [1.807, 2.05) is 7.05 Å². The Morgan fingerprint density at radius 1 is 1.25 bits per heavy atom. The van der Waals surface area contributed by atoms with Crippen LogP contribution in [0.2, 0.25) is 0 Å². The SMILES string of the molecule is CCC(NC)c1ccccc1N1C2CCC1CC(O)C2. The molecule has 2 fully saturated rings. The molecule has 0 spiro atoms. The van der Waals surface area contributed by atoms with Gasteiger partial charge in [0.05, 0.1) is 6.10 Å². The van der Waals surface area contributed by atoms with Gasteiger partial charge in [-0.25, -0.2) is 0 Å². The van der Waals surface area contributed by atoms with Crippen LogP contribution in [0.25, 0.3) is 0 Å². The number of hydrogen-bond donors (Lipinski definition) is 2. The fourth-order valence-corrected chi connectivity index (χ4v) is 4.14. The lowest BCUT2D eigenvalue weighted by atomic mass is 9.95. The molecule has 3 unspecified atom stereocenters. The Bertz CT molecular complexity index is 444. The van der Waals surface area contributed by atoms with Crippen LogP contribution in [0.4, 0.5) is 5.69 Å². The van der Waals surface area contributed by atoms with Gasteiger partial charge in [0.15, 0.2) is 0 Å². The van der Waals surface area contributed by atoms with E-state index in [2.05, 4.69) is 41.4 Å². The molecule has 3 rings (SSSR count). The van der Waals surface area contributed by atoms with E-state index in [9.17, 15) is 5.11 Å². The van der Waals surface area contributed by atoms with Gasteiger partial charge < -0.3 is 15.3 Å². The average Bonchev–Trinajstić information content (AvgIpc) is 2.73. The molecular formula is C17H26N2O. The molecule has 0 amide bonds. The standard InChI is InChI=1S/C17H26N2O/c1-3-16(18-2)15-6-4-5-7-17(15)19-12-8-9-13(19)11-14(20)10-12/h4-7,12-14,16,18,20H,3,8-11H2,1-2H3. The van der Waals surface area contributed by atoms with Crippen molar-refractivity contribution in [2.75, 3.05) is 11.9 Å². The number of anilines is 1. The molecule has 3 nitrogen and oxygen atoms in total. The van der Waals surface area contributed by atoms with Crippen LogP contribution in [0, 0.1) is 0 Å². The highest BCUT2D eigenvalue weighted by Gasteiger charge is 2.41. The zero-order valence-corrected chi connectivity index (χ0v) is 12.5. The van der Waals surface area contributed by atoms with Crippen molar-refractivity contribution >= 4 is 5.69 Å². The van der Waals surface area contributed by atoms with Crippen molar-refractivity contribution in [1.29, 1.82) is 0 Å². The molecule has 0 aliphatic carbocycles. The number of aliphatic hydroxyl groups is 1. The quantitative estimate of drug-likeness (QED) is 0.886. The van der Waals surface area contributed by atoms with Gasteiger partial charge in [0.25, 0.3) is 0 Å². The average molecular weight is 274 g/mol. The Balaban J connectivity index is 1.95. The first kappa shape index (κ1) is 13.9. The van der Waals surface area contributed by atoms with Crippen LogP contribution >= 0.6 is 0 Å². The highest BCUT2D eigenvalue weighted by atomic mass is 16.3. The molecule has 2 saturated heterocycles. The van der Waals surface area contributed by atoms with E-state index in [-0.39, 0.29) is 6.10 Å². The van der Waals surface area contributed by atoms with Gasteiger partial charge in [-0.2, -0.15) is 0 Å². The smallest absolute Gasteiger partial charge is 0.0579 e. The Kier molecular flexibility index (Phi) is 3.99. The second-order valence-electron chi connectivity index (χ2n) is 6.23. The Morgan fingerprint density at radius 2 is 1.90 bits per heavy atom. The fourth-order valence-electron chi connectivity index (χ4n) is 4.14. The first-order valence-corrected chi connectivity index (χ1v) is 7.97. The van der Waals surface area contributed by atoms with Crippen molar-refractivity contribution in [3.05, 3.63) is 29.8 Å². The van der Waals surface area contributed by atoms with Gasteiger partial charge in [-0.05, 0) is 50.8 Å². The Morgan fingerprint density at radius 3 is 2.50 bits per heavy atom. The van der Waals surface area contributed by atoms with Crippen LogP contribution in [0.3, 0.4) is 0 Å². The van der Waals surface area contributed by atoms with Crippen LogP contribution in [0.5, 0.6) is 0 Å². The Hall–Kier alpha value is -1.06. The molecular weight excluding hydrogens is 248 g/mol. The number of nitrogens with one attached hydrogen (secondary N) is 1. The fraction of sp³-hybridized carbons (Fsp3) is 0.647. The molecule has 1 aromatic carbocycles. The largest absolute Gasteiger partial charge is 0.393 e. The maximum atomic E-state index is 9.99. The number of aliphatic hydroxyl groups excluding tert-OH is 1. The first-order chi connectivity index (χ1) is 9.74. The maximum absolute atomic E-state index is 9.99. The zero-order valence-electron chi connectivity index (χ0n) is 12.5. The molecule has 2 heterocycles. The summed E-state index contributed by atoms with van der Waals surface area (Å²) in [7, 11) is 2.04. The van der Waals surface area contributed by atoms with Crippen LogP contribution in [-0.2, 0) is 0 Å². The lowest BCUT2D eigenvalue weighted by Gasteiger charge is -2.40. The minimum absolute atomic E-state index is 0.0952. The second-order valence-corrected chi connectivity index (χ2v) is 6.23. The minimum Gasteiger partial charge on any atom is -0.393 e. The summed E-state index contributed by atoms with van der Waals surface area (Å²) in [4.78, 5) is 2.60. The lowest BCUT2D eigenvalue weighted by Crippen LogP contribution is -2.45. The molecule has 2 aliphatic rings. The molecule has 110 valence electrons. The third kappa shape index (κ3) is 2.33. The third-order valence-electron chi connectivity index (χ3n) is 5.06. The van der Waals surface area contributed by atoms with E-state index in [0.717, 1.165) is 19.3 Å². The minimum atomic E-state index is -0.0952. The van der Waals surface area contributed by atoms with Crippen molar-refractivity contribution in [2.24, 2.45) is 0 Å². The second kappa shape index (κ2) is 5.74. The molecule has 0 saturated carbocycles. The summed E-state index contributed by atoms with van der Waals surface area (Å²) in [6.07, 6.45) is 5.32. The summed E-state index contributed by atoms with van der Waals surface area (Å²) in [5, 5.41) is 13.4. The van der Waals surface area contributed by atoms with Crippen molar-refractivity contribution < 1.29 is 5.11 Å². The summed E-state index contributed by atoms with van der Waals surface area (Å²) in [5.74, 6) is 0. The van der Waals surface area contributed by atoms with Crippen molar-refractivity contribution in [2.45, 2.75) is 63.3 Å². The van der Waals surface area contributed by atoms with Gasteiger partial charge in [-0.3, -0.25) is 0 Å². The van der Waals surface area contributed by atoms with E-state index in [1.165, 1.54) is 24.1 Å². The summed E-state index contributed by atoms with van der Waals surface area (Å²) in [6.45, 7) is 2.23. The number of nitrogens with zero attached hydrogens (tertiary/aromatic N) is 1. The van der Waals surface area contributed by atoms with E-state index < -0.39 is 0 Å². The number of benzene rings is 1. The van der Waals surface area contributed by atoms with Gasteiger partial charge >= 0.3 is 0 Å². The molecule has 2 N–H and O–H groups in total. The number of rotatable bonds is 4. The van der Waals surface area contributed by atoms with Crippen molar-refractivity contribution in [3.8, 4) is 0 Å². The monoisotopic (exact) mass is 274 g/mol. The van der Waals surface area contributed by atoms with E-state index >= 15 is 0 Å². The molecule has 0 radical (unpaired) electrons.